The van der Waals surface area contributed by atoms with Crippen LogP contribution in [0.4, 0.5) is 0 Å². The number of alkyl halides is 1. The highest BCUT2D eigenvalue weighted by atomic mass is 35.5. The summed E-state index contributed by atoms with van der Waals surface area (Å²) in [5.41, 5.74) is 2.70. The highest BCUT2D eigenvalue weighted by Gasteiger charge is 2.17. The van der Waals surface area contributed by atoms with E-state index in [4.69, 9.17) is 11.6 Å². The third kappa shape index (κ3) is 5.12. The van der Waals surface area contributed by atoms with Crippen molar-refractivity contribution in [2.45, 2.75) is 58.3 Å². The molecule has 0 aliphatic rings. The molecule has 0 heterocycles. The van der Waals surface area contributed by atoms with Crippen LogP contribution in [0.2, 0.25) is 0 Å². The smallest absolute Gasteiger partial charge is 0.0404 e. The van der Waals surface area contributed by atoms with E-state index in [9.17, 15) is 0 Å². The van der Waals surface area contributed by atoms with Crippen molar-refractivity contribution in [1.29, 1.82) is 0 Å². The number of aryl methyl sites for hydroxylation is 1. The average molecular weight is 253 g/mol. The summed E-state index contributed by atoms with van der Waals surface area (Å²) in [6, 6.07) is 8.71. The standard InChI is InChI=1S/C16H25Cl/c1-4-6-10-15(5-2)16(17)12-14-9-7-8-13(3)11-14/h7-9,11,15-16H,4-6,10,12H2,1-3H3. The van der Waals surface area contributed by atoms with Gasteiger partial charge in [0.05, 0.1) is 0 Å². The SMILES string of the molecule is CCCCC(CC)C(Cl)Cc1cccc(C)c1. The van der Waals surface area contributed by atoms with Gasteiger partial charge in [-0.15, -0.1) is 11.6 Å². The first kappa shape index (κ1) is 14.6. The first-order chi connectivity index (χ1) is 8.17. The van der Waals surface area contributed by atoms with Gasteiger partial charge in [-0.2, -0.15) is 0 Å². The fourth-order valence-electron chi connectivity index (χ4n) is 2.34. The topological polar surface area (TPSA) is 0 Å². The highest BCUT2D eigenvalue weighted by Crippen LogP contribution is 2.24. The summed E-state index contributed by atoms with van der Waals surface area (Å²) in [6.07, 6.45) is 6.04. The lowest BCUT2D eigenvalue weighted by molar-refractivity contribution is 0.428. The fourth-order valence-corrected chi connectivity index (χ4v) is 2.82. The van der Waals surface area contributed by atoms with Gasteiger partial charge in [0, 0.05) is 5.38 Å². The number of hydrogen-bond acceptors (Lipinski definition) is 0. The second kappa shape index (κ2) is 7.76. The maximum atomic E-state index is 6.57. The van der Waals surface area contributed by atoms with Gasteiger partial charge in [-0.3, -0.25) is 0 Å². The Bertz CT molecular complexity index is 319. The summed E-state index contributed by atoms with van der Waals surface area (Å²) in [6.45, 7) is 6.64. The largest absolute Gasteiger partial charge is 0.122 e. The van der Waals surface area contributed by atoms with Gasteiger partial charge in [0.15, 0.2) is 0 Å². The maximum absolute atomic E-state index is 6.57. The summed E-state index contributed by atoms with van der Waals surface area (Å²) in [7, 11) is 0. The molecular weight excluding hydrogens is 228 g/mol. The third-order valence-electron chi connectivity index (χ3n) is 3.48. The normalized spacial score (nSPS) is 14.6. The minimum absolute atomic E-state index is 0.286. The molecule has 0 aliphatic carbocycles. The maximum Gasteiger partial charge on any atom is 0.0404 e. The average Bonchev–Trinajstić information content (AvgIpc) is 2.30. The van der Waals surface area contributed by atoms with Crippen LogP contribution in [0.3, 0.4) is 0 Å². The van der Waals surface area contributed by atoms with Crippen LogP contribution in [0.15, 0.2) is 24.3 Å². The Morgan fingerprint density at radius 1 is 1.24 bits per heavy atom. The fraction of sp³-hybridized carbons (Fsp3) is 0.625. The Labute approximate surface area is 111 Å². The third-order valence-corrected chi connectivity index (χ3v) is 3.99. The van der Waals surface area contributed by atoms with E-state index < -0.39 is 0 Å². The van der Waals surface area contributed by atoms with Gasteiger partial charge in [0.1, 0.15) is 0 Å². The van der Waals surface area contributed by atoms with Gasteiger partial charge < -0.3 is 0 Å². The molecule has 0 aromatic heterocycles. The molecule has 1 rings (SSSR count). The summed E-state index contributed by atoms with van der Waals surface area (Å²) >= 11 is 6.57. The Morgan fingerprint density at radius 3 is 2.59 bits per heavy atom. The lowest BCUT2D eigenvalue weighted by Crippen LogP contribution is -2.17. The summed E-state index contributed by atoms with van der Waals surface area (Å²) in [5, 5.41) is 0.286. The zero-order valence-corrected chi connectivity index (χ0v) is 12.1. The van der Waals surface area contributed by atoms with Crippen LogP contribution >= 0.6 is 11.6 Å². The second-order valence-corrected chi connectivity index (χ2v) is 5.58. The lowest BCUT2D eigenvalue weighted by atomic mass is 9.91. The quantitative estimate of drug-likeness (QED) is 0.573. The minimum atomic E-state index is 0.286. The molecule has 0 amide bonds. The molecule has 0 nitrogen and oxygen atoms in total. The van der Waals surface area contributed by atoms with E-state index in [1.165, 1.54) is 36.8 Å². The van der Waals surface area contributed by atoms with E-state index in [1.54, 1.807) is 0 Å². The number of benzene rings is 1. The molecule has 1 heteroatoms. The van der Waals surface area contributed by atoms with E-state index in [0.29, 0.717) is 5.92 Å². The van der Waals surface area contributed by atoms with Crippen LogP contribution < -0.4 is 0 Å². The van der Waals surface area contributed by atoms with E-state index in [1.807, 2.05) is 0 Å². The summed E-state index contributed by atoms with van der Waals surface area (Å²) in [5.74, 6) is 0.664. The first-order valence-electron chi connectivity index (χ1n) is 6.87. The van der Waals surface area contributed by atoms with E-state index in [-0.39, 0.29) is 5.38 Å². The van der Waals surface area contributed by atoms with Crippen molar-refractivity contribution in [3.05, 3.63) is 35.4 Å². The molecule has 0 aliphatic heterocycles. The van der Waals surface area contributed by atoms with Crippen molar-refractivity contribution in [1.82, 2.24) is 0 Å². The number of halogens is 1. The molecule has 2 atom stereocenters. The van der Waals surface area contributed by atoms with Crippen LogP contribution in [0.25, 0.3) is 0 Å². The van der Waals surface area contributed by atoms with Crippen molar-refractivity contribution in [3.8, 4) is 0 Å². The molecule has 2 unspecified atom stereocenters. The Balaban J connectivity index is 2.54. The molecule has 1 aromatic rings. The number of rotatable bonds is 7. The zero-order chi connectivity index (χ0) is 12.7. The van der Waals surface area contributed by atoms with E-state index in [2.05, 4.69) is 45.0 Å². The second-order valence-electron chi connectivity index (χ2n) is 5.02. The monoisotopic (exact) mass is 252 g/mol. The van der Waals surface area contributed by atoms with Crippen molar-refractivity contribution < 1.29 is 0 Å². The van der Waals surface area contributed by atoms with Crippen molar-refractivity contribution in [2.75, 3.05) is 0 Å². The van der Waals surface area contributed by atoms with Crippen LogP contribution in [-0.2, 0) is 6.42 Å². The zero-order valence-electron chi connectivity index (χ0n) is 11.4. The molecule has 0 radical (unpaired) electrons. The molecule has 96 valence electrons. The number of unbranched alkanes of at least 4 members (excludes halogenated alkanes) is 1. The lowest BCUT2D eigenvalue weighted by Gasteiger charge is -2.21. The van der Waals surface area contributed by atoms with Gasteiger partial charge in [0.2, 0.25) is 0 Å². The molecule has 0 saturated carbocycles. The van der Waals surface area contributed by atoms with Gasteiger partial charge >= 0.3 is 0 Å². The molecule has 0 fully saturated rings. The first-order valence-corrected chi connectivity index (χ1v) is 7.30. The van der Waals surface area contributed by atoms with Crippen LogP contribution in [0.5, 0.6) is 0 Å². The number of hydrogen-bond donors (Lipinski definition) is 0. The predicted molar refractivity (Wildman–Crippen MR) is 77.8 cm³/mol. The molecule has 1 aromatic carbocycles. The minimum Gasteiger partial charge on any atom is -0.122 e. The van der Waals surface area contributed by atoms with Gasteiger partial charge in [-0.1, -0.05) is 62.9 Å². The molecule has 0 saturated heterocycles. The van der Waals surface area contributed by atoms with Gasteiger partial charge in [-0.05, 0) is 31.2 Å². The van der Waals surface area contributed by atoms with Crippen molar-refractivity contribution in [2.24, 2.45) is 5.92 Å². The van der Waals surface area contributed by atoms with Gasteiger partial charge in [0.25, 0.3) is 0 Å². The Hall–Kier alpha value is -0.490. The van der Waals surface area contributed by atoms with Crippen molar-refractivity contribution >= 4 is 11.6 Å². The molecular formula is C16H25Cl. The van der Waals surface area contributed by atoms with Crippen LogP contribution in [-0.4, -0.2) is 5.38 Å². The van der Waals surface area contributed by atoms with Crippen LogP contribution in [0, 0.1) is 12.8 Å². The molecule has 0 spiro atoms. The van der Waals surface area contributed by atoms with E-state index in [0.717, 1.165) is 6.42 Å². The predicted octanol–water partition coefficient (Wildman–Crippen LogP) is 5.36. The van der Waals surface area contributed by atoms with Crippen molar-refractivity contribution in [3.63, 3.8) is 0 Å². The van der Waals surface area contributed by atoms with Gasteiger partial charge in [-0.25, -0.2) is 0 Å². The highest BCUT2D eigenvalue weighted by molar-refractivity contribution is 6.20. The molecule has 0 bridgehead atoms. The molecule has 17 heavy (non-hydrogen) atoms. The Morgan fingerprint density at radius 2 is 2.00 bits per heavy atom. The molecule has 0 N–H and O–H groups in total. The van der Waals surface area contributed by atoms with Crippen LogP contribution in [0.1, 0.15) is 50.7 Å². The summed E-state index contributed by atoms with van der Waals surface area (Å²) < 4.78 is 0. The Kier molecular flexibility index (Phi) is 6.65. The van der Waals surface area contributed by atoms with E-state index >= 15 is 0 Å². The summed E-state index contributed by atoms with van der Waals surface area (Å²) in [4.78, 5) is 0.